The van der Waals surface area contributed by atoms with Gasteiger partial charge >= 0.3 is 0 Å². The van der Waals surface area contributed by atoms with Crippen LogP contribution in [0.4, 0.5) is 0 Å². The van der Waals surface area contributed by atoms with Crippen LogP contribution in [0.25, 0.3) is 0 Å². The lowest BCUT2D eigenvalue weighted by molar-refractivity contribution is -0.152. The first-order chi connectivity index (χ1) is 9.19. The zero-order chi connectivity index (χ0) is 13.8. The van der Waals surface area contributed by atoms with Crippen LogP contribution in [0.1, 0.15) is 58.8 Å². The fourth-order valence-corrected chi connectivity index (χ4v) is 3.55. The molecule has 2 atom stereocenters. The van der Waals surface area contributed by atoms with Crippen molar-refractivity contribution in [3.8, 4) is 0 Å². The standard InChI is InChI=1S/C15H26N2O2/c1-3-8-12-15(19)17(4-2)13(14(18)16-12)11-9-6-5-7-10-11/h11-13H,3-10H2,1-2H3,(H,16,18). The number of likely N-dealkylation sites (N-methyl/N-ethyl adjacent to an activating group) is 1. The number of hydrogen-bond donors (Lipinski definition) is 1. The number of carbonyl (C=O) groups is 2. The van der Waals surface area contributed by atoms with Gasteiger partial charge in [0, 0.05) is 6.54 Å². The molecule has 0 aromatic carbocycles. The average Bonchev–Trinajstić information content (AvgIpc) is 2.43. The van der Waals surface area contributed by atoms with E-state index in [1.807, 2.05) is 18.7 Å². The zero-order valence-corrected chi connectivity index (χ0v) is 12.2. The summed E-state index contributed by atoms with van der Waals surface area (Å²) in [5.41, 5.74) is 0. The predicted molar refractivity (Wildman–Crippen MR) is 74.6 cm³/mol. The Balaban J connectivity index is 2.13. The molecule has 2 unspecified atom stereocenters. The molecule has 1 aliphatic carbocycles. The Morgan fingerprint density at radius 3 is 2.42 bits per heavy atom. The molecule has 2 fully saturated rings. The van der Waals surface area contributed by atoms with Crippen LogP contribution in [-0.4, -0.2) is 35.3 Å². The summed E-state index contributed by atoms with van der Waals surface area (Å²) >= 11 is 0. The van der Waals surface area contributed by atoms with E-state index in [4.69, 9.17) is 0 Å². The van der Waals surface area contributed by atoms with Crippen molar-refractivity contribution in [2.45, 2.75) is 70.9 Å². The van der Waals surface area contributed by atoms with Crippen LogP contribution in [-0.2, 0) is 9.59 Å². The molecule has 1 saturated carbocycles. The molecule has 108 valence electrons. The van der Waals surface area contributed by atoms with Gasteiger partial charge in [-0.15, -0.1) is 0 Å². The van der Waals surface area contributed by atoms with Gasteiger partial charge in [0.25, 0.3) is 0 Å². The Bertz CT molecular complexity index is 337. The molecule has 0 bridgehead atoms. The maximum atomic E-state index is 12.5. The summed E-state index contributed by atoms with van der Waals surface area (Å²) in [6.45, 7) is 4.67. The minimum atomic E-state index is -0.294. The van der Waals surface area contributed by atoms with Gasteiger partial charge in [-0.1, -0.05) is 32.6 Å². The largest absolute Gasteiger partial charge is 0.342 e. The molecule has 0 radical (unpaired) electrons. The van der Waals surface area contributed by atoms with E-state index in [-0.39, 0.29) is 23.9 Å². The summed E-state index contributed by atoms with van der Waals surface area (Å²) in [6.07, 6.45) is 7.49. The van der Waals surface area contributed by atoms with E-state index in [9.17, 15) is 9.59 Å². The normalized spacial score (nSPS) is 29.5. The van der Waals surface area contributed by atoms with Crippen LogP contribution in [0.5, 0.6) is 0 Å². The molecule has 4 heteroatoms. The molecule has 2 rings (SSSR count). The number of nitrogens with zero attached hydrogens (tertiary/aromatic N) is 1. The first kappa shape index (κ1) is 14.4. The van der Waals surface area contributed by atoms with E-state index < -0.39 is 0 Å². The molecule has 0 spiro atoms. The van der Waals surface area contributed by atoms with Crippen molar-refractivity contribution in [2.75, 3.05) is 6.54 Å². The van der Waals surface area contributed by atoms with Crippen molar-refractivity contribution in [1.82, 2.24) is 10.2 Å². The summed E-state index contributed by atoms with van der Waals surface area (Å²) in [7, 11) is 0. The summed E-state index contributed by atoms with van der Waals surface area (Å²) in [5, 5.41) is 2.95. The van der Waals surface area contributed by atoms with Crippen molar-refractivity contribution in [3.63, 3.8) is 0 Å². The highest BCUT2D eigenvalue weighted by atomic mass is 16.2. The van der Waals surface area contributed by atoms with Crippen LogP contribution in [0, 0.1) is 5.92 Å². The van der Waals surface area contributed by atoms with Crippen molar-refractivity contribution >= 4 is 11.8 Å². The molecule has 19 heavy (non-hydrogen) atoms. The molecule has 1 N–H and O–H groups in total. The quantitative estimate of drug-likeness (QED) is 0.847. The lowest BCUT2D eigenvalue weighted by Gasteiger charge is -2.43. The first-order valence-corrected chi connectivity index (χ1v) is 7.79. The highest BCUT2D eigenvalue weighted by Gasteiger charge is 2.43. The number of amides is 2. The van der Waals surface area contributed by atoms with Gasteiger partial charge in [0.2, 0.25) is 11.8 Å². The summed E-state index contributed by atoms with van der Waals surface area (Å²) in [6, 6.07) is -0.511. The lowest BCUT2D eigenvalue weighted by Crippen LogP contribution is -2.65. The smallest absolute Gasteiger partial charge is 0.245 e. The van der Waals surface area contributed by atoms with Crippen LogP contribution in [0.2, 0.25) is 0 Å². The monoisotopic (exact) mass is 266 g/mol. The van der Waals surface area contributed by atoms with E-state index >= 15 is 0 Å². The van der Waals surface area contributed by atoms with Gasteiger partial charge < -0.3 is 10.2 Å². The maximum Gasteiger partial charge on any atom is 0.245 e. The van der Waals surface area contributed by atoms with Gasteiger partial charge in [0.05, 0.1) is 0 Å². The van der Waals surface area contributed by atoms with Gasteiger partial charge in [0.1, 0.15) is 12.1 Å². The first-order valence-electron chi connectivity index (χ1n) is 7.79. The molecular formula is C15H26N2O2. The van der Waals surface area contributed by atoms with Crippen LogP contribution >= 0.6 is 0 Å². The maximum absolute atomic E-state index is 12.5. The van der Waals surface area contributed by atoms with E-state index in [0.717, 1.165) is 25.7 Å². The SMILES string of the molecule is CCCC1NC(=O)C(C2CCCCC2)N(CC)C1=O. The summed E-state index contributed by atoms with van der Waals surface area (Å²) in [5.74, 6) is 0.562. The van der Waals surface area contributed by atoms with Gasteiger partial charge in [-0.05, 0) is 32.1 Å². The van der Waals surface area contributed by atoms with Crippen molar-refractivity contribution in [1.29, 1.82) is 0 Å². The second-order valence-electron chi connectivity index (χ2n) is 5.82. The summed E-state index contributed by atoms with van der Waals surface area (Å²) < 4.78 is 0. The number of nitrogens with one attached hydrogen (secondary N) is 1. The van der Waals surface area contributed by atoms with Gasteiger partial charge in [0.15, 0.2) is 0 Å². The highest BCUT2D eigenvalue weighted by molar-refractivity contribution is 5.97. The third-order valence-corrected chi connectivity index (χ3v) is 4.52. The van der Waals surface area contributed by atoms with E-state index in [0.29, 0.717) is 12.5 Å². The van der Waals surface area contributed by atoms with Crippen LogP contribution in [0.3, 0.4) is 0 Å². The number of hydrogen-bond acceptors (Lipinski definition) is 2. The lowest BCUT2D eigenvalue weighted by atomic mass is 9.81. The van der Waals surface area contributed by atoms with E-state index in [2.05, 4.69) is 5.32 Å². The number of piperazine rings is 1. The van der Waals surface area contributed by atoms with Crippen LogP contribution < -0.4 is 5.32 Å². The Kier molecular flexibility index (Phi) is 4.83. The Hall–Kier alpha value is -1.06. The average molecular weight is 266 g/mol. The molecule has 0 aromatic heterocycles. The topological polar surface area (TPSA) is 49.4 Å². The second-order valence-corrected chi connectivity index (χ2v) is 5.82. The molecule has 1 aliphatic heterocycles. The highest BCUT2D eigenvalue weighted by Crippen LogP contribution is 2.31. The van der Waals surface area contributed by atoms with Crippen molar-refractivity contribution < 1.29 is 9.59 Å². The van der Waals surface area contributed by atoms with Crippen molar-refractivity contribution in [3.05, 3.63) is 0 Å². The minimum Gasteiger partial charge on any atom is -0.342 e. The molecule has 4 nitrogen and oxygen atoms in total. The van der Waals surface area contributed by atoms with Gasteiger partial charge in [-0.3, -0.25) is 9.59 Å². The molecule has 2 aliphatic rings. The third-order valence-electron chi connectivity index (χ3n) is 4.52. The Morgan fingerprint density at radius 2 is 1.84 bits per heavy atom. The molecule has 2 amide bonds. The molecule has 0 aromatic rings. The molecular weight excluding hydrogens is 240 g/mol. The Labute approximate surface area is 115 Å². The van der Waals surface area contributed by atoms with Crippen molar-refractivity contribution in [2.24, 2.45) is 5.92 Å². The Morgan fingerprint density at radius 1 is 1.16 bits per heavy atom. The third kappa shape index (κ3) is 2.93. The van der Waals surface area contributed by atoms with E-state index in [1.54, 1.807) is 0 Å². The number of rotatable bonds is 4. The van der Waals surface area contributed by atoms with Gasteiger partial charge in [-0.2, -0.15) is 0 Å². The number of carbonyl (C=O) groups excluding carboxylic acids is 2. The minimum absolute atomic E-state index is 0.0757. The predicted octanol–water partition coefficient (Wildman–Crippen LogP) is 2.08. The van der Waals surface area contributed by atoms with E-state index in [1.165, 1.54) is 19.3 Å². The van der Waals surface area contributed by atoms with Gasteiger partial charge in [-0.25, -0.2) is 0 Å². The fraction of sp³-hybridized carbons (Fsp3) is 0.867. The fourth-order valence-electron chi connectivity index (χ4n) is 3.55. The molecule has 1 saturated heterocycles. The molecule has 1 heterocycles. The van der Waals surface area contributed by atoms with Crippen LogP contribution in [0.15, 0.2) is 0 Å². The zero-order valence-electron chi connectivity index (χ0n) is 12.2. The summed E-state index contributed by atoms with van der Waals surface area (Å²) in [4.78, 5) is 26.7. The second kappa shape index (κ2) is 6.40.